The summed E-state index contributed by atoms with van der Waals surface area (Å²) in [5.41, 5.74) is 2.72. The van der Waals surface area contributed by atoms with Crippen LogP contribution in [-0.2, 0) is 22.6 Å². The second-order valence-corrected chi connectivity index (χ2v) is 5.70. The molecule has 0 N–H and O–H groups in total. The standard InChI is InChI=1S/C20H20N2O4/c1-3-24-17-11-7-6-10-16(17)20-21-18(26-22-20)13-25-19(23)12-15-9-5-4-8-14(15)2/h4-11H,3,12-13H2,1-2H3. The average Bonchev–Trinajstić information content (AvgIpc) is 3.12. The van der Waals surface area contributed by atoms with Crippen LogP contribution >= 0.6 is 0 Å². The van der Waals surface area contributed by atoms with Crippen molar-refractivity contribution in [2.24, 2.45) is 0 Å². The number of hydrogen-bond donors (Lipinski definition) is 0. The molecule has 3 rings (SSSR count). The van der Waals surface area contributed by atoms with Gasteiger partial charge >= 0.3 is 5.97 Å². The lowest BCUT2D eigenvalue weighted by Crippen LogP contribution is -2.09. The maximum absolute atomic E-state index is 12.0. The van der Waals surface area contributed by atoms with Crippen molar-refractivity contribution in [3.63, 3.8) is 0 Å². The normalized spacial score (nSPS) is 10.5. The Bertz CT molecular complexity index is 889. The first kappa shape index (κ1) is 17.7. The predicted molar refractivity (Wildman–Crippen MR) is 95.6 cm³/mol. The fourth-order valence-corrected chi connectivity index (χ4v) is 2.51. The van der Waals surface area contributed by atoms with Gasteiger partial charge in [-0.3, -0.25) is 4.79 Å². The predicted octanol–water partition coefficient (Wildman–Crippen LogP) is 3.73. The molecule has 134 valence electrons. The van der Waals surface area contributed by atoms with E-state index in [0.29, 0.717) is 18.2 Å². The molecule has 0 atom stereocenters. The van der Waals surface area contributed by atoms with Crippen LogP contribution in [-0.4, -0.2) is 22.7 Å². The highest BCUT2D eigenvalue weighted by molar-refractivity contribution is 5.73. The van der Waals surface area contributed by atoms with Crippen LogP contribution in [0.15, 0.2) is 53.1 Å². The molecule has 1 aromatic heterocycles. The summed E-state index contributed by atoms with van der Waals surface area (Å²) >= 11 is 0. The van der Waals surface area contributed by atoms with Crippen LogP contribution in [0.1, 0.15) is 23.9 Å². The molecule has 0 aliphatic heterocycles. The van der Waals surface area contributed by atoms with Gasteiger partial charge in [0, 0.05) is 0 Å². The summed E-state index contributed by atoms with van der Waals surface area (Å²) in [5, 5.41) is 3.95. The van der Waals surface area contributed by atoms with Gasteiger partial charge in [-0.15, -0.1) is 0 Å². The molecule has 0 fully saturated rings. The maximum atomic E-state index is 12.0. The van der Waals surface area contributed by atoms with Crippen LogP contribution in [0.3, 0.4) is 0 Å². The Balaban J connectivity index is 1.62. The highest BCUT2D eigenvalue weighted by Gasteiger charge is 2.15. The zero-order valence-corrected chi connectivity index (χ0v) is 14.8. The molecule has 3 aromatic rings. The maximum Gasteiger partial charge on any atom is 0.310 e. The third-order valence-electron chi connectivity index (χ3n) is 3.85. The van der Waals surface area contributed by atoms with Gasteiger partial charge in [0.2, 0.25) is 5.82 Å². The second kappa shape index (κ2) is 8.29. The van der Waals surface area contributed by atoms with Crippen LogP contribution in [0.2, 0.25) is 0 Å². The molecule has 0 saturated carbocycles. The van der Waals surface area contributed by atoms with Gasteiger partial charge in [0.15, 0.2) is 6.61 Å². The quantitative estimate of drug-likeness (QED) is 0.603. The molecule has 0 bridgehead atoms. The van der Waals surface area contributed by atoms with Gasteiger partial charge < -0.3 is 14.0 Å². The summed E-state index contributed by atoms with van der Waals surface area (Å²) in [6, 6.07) is 15.1. The minimum atomic E-state index is -0.339. The van der Waals surface area contributed by atoms with Gasteiger partial charge in [0.1, 0.15) is 5.75 Å². The van der Waals surface area contributed by atoms with Gasteiger partial charge in [-0.1, -0.05) is 41.6 Å². The lowest BCUT2D eigenvalue weighted by molar-refractivity contribution is -0.144. The topological polar surface area (TPSA) is 74.5 Å². The van der Waals surface area contributed by atoms with Gasteiger partial charge in [0.25, 0.3) is 5.89 Å². The van der Waals surface area contributed by atoms with Crippen LogP contribution in [0.4, 0.5) is 0 Å². The number of carbonyl (C=O) groups excluding carboxylic acids is 1. The van der Waals surface area contributed by atoms with E-state index in [4.69, 9.17) is 14.0 Å². The molecule has 0 amide bonds. The monoisotopic (exact) mass is 352 g/mol. The highest BCUT2D eigenvalue weighted by Crippen LogP contribution is 2.27. The Morgan fingerprint density at radius 1 is 1.12 bits per heavy atom. The number of esters is 1. The summed E-state index contributed by atoms with van der Waals surface area (Å²) in [5.74, 6) is 0.983. The molecule has 0 saturated heterocycles. The zero-order chi connectivity index (χ0) is 18.4. The molecule has 6 heteroatoms. The smallest absolute Gasteiger partial charge is 0.310 e. The minimum absolute atomic E-state index is 0.0610. The molecule has 2 aromatic carbocycles. The lowest BCUT2D eigenvalue weighted by Gasteiger charge is -2.06. The molecule has 6 nitrogen and oxygen atoms in total. The Morgan fingerprint density at radius 3 is 2.69 bits per heavy atom. The Morgan fingerprint density at radius 2 is 1.88 bits per heavy atom. The van der Waals surface area contributed by atoms with E-state index in [1.807, 2.05) is 62.4 Å². The second-order valence-electron chi connectivity index (χ2n) is 5.70. The lowest BCUT2D eigenvalue weighted by atomic mass is 10.1. The third kappa shape index (κ3) is 4.27. The fourth-order valence-electron chi connectivity index (χ4n) is 2.51. The molecule has 0 aliphatic carbocycles. The van der Waals surface area contributed by atoms with Crippen molar-refractivity contribution in [1.29, 1.82) is 0 Å². The fraction of sp³-hybridized carbons (Fsp3) is 0.250. The SMILES string of the molecule is CCOc1ccccc1-c1noc(COC(=O)Cc2ccccc2C)n1. The Kier molecular flexibility index (Phi) is 5.63. The number of nitrogens with zero attached hydrogens (tertiary/aromatic N) is 2. The number of ether oxygens (including phenoxy) is 2. The summed E-state index contributed by atoms with van der Waals surface area (Å²) in [6.45, 7) is 4.35. The van der Waals surface area contributed by atoms with E-state index in [1.54, 1.807) is 0 Å². The molecule has 0 aliphatic rings. The number of benzene rings is 2. The zero-order valence-electron chi connectivity index (χ0n) is 14.8. The molecule has 0 unspecified atom stereocenters. The van der Waals surface area contributed by atoms with Crippen LogP contribution < -0.4 is 4.74 Å². The summed E-state index contributed by atoms with van der Waals surface area (Å²) in [4.78, 5) is 16.3. The first-order chi connectivity index (χ1) is 12.7. The van der Waals surface area contributed by atoms with Gasteiger partial charge in [-0.05, 0) is 37.1 Å². The average molecular weight is 352 g/mol. The summed E-state index contributed by atoms with van der Waals surface area (Å²) in [7, 11) is 0. The Hall–Kier alpha value is -3.15. The van der Waals surface area contributed by atoms with Gasteiger partial charge in [-0.25, -0.2) is 0 Å². The number of aryl methyl sites for hydroxylation is 1. The summed E-state index contributed by atoms with van der Waals surface area (Å²) in [6.07, 6.45) is 0.209. The number of para-hydroxylation sites is 1. The molecule has 0 spiro atoms. The van der Waals surface area contributed by atoms with E-state index < -0.39 is 0 Å². The molecule has 0 radical (unpaired) electrons. The van der Waals surface area contributed by atoms with Crippen molar-refractivity contribution < 1.29 is 18.8 Å². The minimum Gasteiger partial charge on any atom is -0.493 e. The number of carbonyl (C=O) groups is 1. The van der Waals surface area contributed by atoms with Crippen molar-refractivity contribution >= 4 is 5.97 Å². The first-order valence-electron chi connectivity index (χ1n) is 8.42. The largest absolute Gasteiger partial charge is 0.493 e. The van der Waals surface area contributed by atoms with E-state index in [9.17, 15) is 4.79 Å². The number of aromatic nitrogens is 2. The number of rotatable bonds is 7. The number of hydrogen-bond acceptors (Lipinski definition) is 6. The van der Waals surface area contributed by atoms with E-state index in [2.05, 4.69) is 10.1 Å². The van der Waals surface area contributed by atoms with Crippen molar-refractivity contribution in [3.05, 3.63) is 65.5 Å². The van der Waals surface area contributed by atoms with Crippen molar-refractivity contribution in [3.8, 4) is 17.1 Å². The van der Waals surface area contributed by atoms with E-state index in [-0.39, 0.29) is 24.9 Å². The third-order valence-corrected chi connectivity index (χ3v) is 3.85. The molecular weight excluding hydrogens is 332 g/mol. The van der Waals surface area contributed by atoms with E-state index in [0.717, 1.165) is 16.7 Å². The summed E-state index contributed by atoms with van der Waals surface area (Å²) < 4.78 is 16.0. The van der Waals surface area contributed by atoms with Crippen molar-refractivity contribution in [1.82, 2.24) is 10.1 Å². The van der Waals surface area contributed by atoms with Crippen LogP contribution in [0, 0.1) is 6.92 Å². The molecular formula is C20H20N2O4. The van der Waals surface area contributed by atoms with Gasteiger partial charge in [-0.2, -0.15) is 4.98 Å². The Labute approximate surface area is 151 Å². The molecule has 26 heavy (non-hydrogen) atoms. The van der Waals surface area contributed by atoms with E-state index >= 15 is 0 Å². The van der Waals surface area contributed by atoms with Crippen molar-refractivity contribution in [2.45, 2.75) is 26.9 Å². The first-order valence-corrected chi connectivity index (χ1v) is 8.42. The van der Waals surface area contributed by atoms with Crippen LogP contribution in [0.5, 0.6) is 5.75 Å². The van der Waals surface area contributed by atoms with Gasteiger partial charge in [0.05, 0.1) is 18.6 Å². The highest BCUT2D eigenvalue weighted by atomic mass is 16.6. The van der Waals surface area contributed by atoms with Crippen molar-refractivity contribution in [2.75, 3.05) is 6.61 Å². The van der Waals surface area contributed by atoms with Crippen LogP contribution in [0.25, 0.3) is 11.4 Å². The van der Waals surface area contributed by atoms with E-state index in [1.165, 1.54) is 0 Å². The molecule has 1 heterocycles.